The summed E-state index contributed by atoms with van der Waals surface area (Å²) in [6.45, 7) is 3.02. The molecule has 0 aliphatic carbocycles. The van der Waals surface area contributed by atoms with E-state index in [4.69, 9.17) is 4.52 Å². The normalized spacial score (nSPS) is 15.5. The molecule has 0 saturated carbocycles. The van der Waals surface area contributed by atoms with E-state index >= 15 is 0 Å². The fraction of sp³-hybridized carbons (Fsp3) is 0.308. The van der Waals surface area contributed by atoms with Crippen LogP contribution in [0.15, 0.2) is 35.1 Å². The van der Waals surface area contributed by atoms with Gasteiger partial charge in [-0.25, -0.2) is 0 Å². The van der Waals surface area contributed by atoms with Crippen LogP contribution in [0.5, 0.6) is 0 Å². The minimum Gasteiger partial charge on any atom is -0.350 e. The number of hydrogen-bond acceptors (Lipinski definition) is 5. The number of nitrogens with one attached hydrogen (secondary N) is 1. The molecule has 0 aromatic carbocycles. The molecule has 0 unspecified atom stereocenters. The number of aromatic nitrogens is 2. The first-order valence-corrected chi connectivity index (χ1v) is 6.22. The first-order chi connectivity index (χ1) is 9.34. The number of pyridine rings is 1. The number of carbonyl (C=O) groups is 1. The Kier molecular flexibility index (Phi) is 3.24. The first-order valence-electron chi connectivity index (χ1n) is 6.22. The van der Waals surface area contributed by atoms with E-state index in [1.165, 1.54) is 0 Å². The number of hydrogen-bond donors (Lipinski definition) is 1. The van der Waals surface area contributed by atoms with Crippen molar-refractivity contribution in [2.75, 3.05) is 26.2 Å². The molecule has 1 N–H and O–H groups in total. The Balaban J connectivity index is 1.79. The fourth-order valence-electron chi connectivity index (χ4n) is 2.05. The van der Waals surface area contributed by atoms with Gasteiger partial charge in [0, 0.05) is 50.2 Å². The van der Waals surface area contributed by atoms with Crippen molar-refractivity contribution in [2.45, 2.75) is 0 Å². The summed E-state index contributed by atoms with van der Waals surface area (Å²) in [6, 6.07) is 5.37. The predicted octanol–water partition coefficient (Wildman–Crippen LogP) is 0.782. The van der Waals surface area contributed by atoms with Crippen LogP contribution in [0.4, 0.5) is 0 Å². The van der Waals surface area contributed by atoms with Crippen LogP contribution >= 0.6 is 0 Å². The van der Waals surface area contributed by atoms with E-state index in [0.717, 1.165) is 18.7 Å². The van der Waals surface area contributed by atoms with Gasteiger partial charge in [-0.1, -0.05) is 5.16 Å². The molecule has 2 aromatic rings. The smallest absolute Gasteiger partial charge is 0.292 e. The SMILES string of the molecule is O=C(c1cc(-c2cccnc2)no1)N1CCNCC1. The number of amides is 1. The van der Waals surface area contributed by atoms with Crippen LogP contribution < -0.4 is 5.32 Å². The van der Waals surface area contributed by atoms with Gasteiger partial charge in [-0.3, -0.25) is 9.78 Å². The van der Waals surface area contributed by atoms with Crippen LogP contribution in [0, 0.1) is 0 Å². The molecule has 0 atom stereocenters. The van der Waals surface area contributed by atoms with Crippen LogP contribution in [0.1, 0.15) is 10.6 Å². The molecule has 3 heterocycles. The zero-order chi connectivity index (χ0) is 13.1. The second-order valence-corrected chi connectivity index (χ2v) is 4.36. The lowest BCUT2D eigenvalue weighted by molar-refractivity contribution is 0.0694. The van der Waals surface area contributed by atoms with Gasteiger partial charge in [-0.15, -0.1) is 0 Å². The summed E-state index contributed by atoms with van der Waals surface area (Å²) in [5.41, 5.74) is 1.47. The molecule has 0 bridgehead atoms. The van der Waals surface area contributed by atoms with E-state index < -0.39 is 0 Å². The molecule has 19 heavy (non-hydrogen) atoms. The molecular weight excluding hydrogens is 244 g/mol. The minimum atomic E-state index is -0.107. The lowest BCUT2D eigenvalue weighted by Crippen LogP contribution is -2.46. The number of carbonyl (C=O) groups excluding carboxylic acids is 1. The highest BCUT2D eigenvalue weighted by Crippen LogP contribution is 2.18. The molecule has 1 aliphatic heterocycles. The maximum absolute atomic E-state index is 12.2. The third-order valence-electron chi connectivity index (χ3n) is 3.08. The molecule has 3 rings (SSSR count). The van der Waals surface area contributed by atoms with Crippen LogP contribution in [-0.4, -0.2) is 47.1 Å². The monoisotopic (exact) mass is 258 g/mol. The van der Waals surface area contributed by atoms with Gasteiger partial charge in [0.05, 0.1) is 0 Å². The van der Waals surface area contributed by atoms with Crippen LogP contribution in [-0.2, 0) is 0 Å². The molecule has 98 valence electrons. The second kappa shape index (κ2) is 5.19. The molecule has 2 aromatic heterocycles. The first kappa shape index (κ1) is 11.9. The number of piperazine rings is 1. The maximum atomic E-state index is 12.2. The zero-order valence-electron chi connectivity index (χ0n) is 10.4. The van der Waals surface area contributed by atoms with Gasteiger partial charge in [0.1, 0.15) is 5.69 Å². The van der Waals surface area contributed by atoms with Crippen molar-refractivity contribution >= 4 is 5.91 Å². The van der Waals surface area contributed by atoms with E-state index in [-0.39, 0.29) is 11.7 Å². The molecule has 0 radical (unpaired) electrons. The summed E-state index contributed by atoms with van der Waals surface area (Å²) in [5.74, 6) is 0.171. The molecular formula is C13H14N4O2. The van der Waals surface area contributed by atoms with E-state index in [0.29, 0.717) is 18.8 Å². The van der Waals surface area contributed by atoms with Crippen molar-refractivity contribution in [1.29, 1.82) is 0 Å². The van der Waals surface area contributed by atoms with Crippen molar-refractivity contribution < 1.29 is 9.32 Å². The van der Waals surface area contributed by atoms with Crippen LogP contribution in [0.25, 0.3) is 11.3 Å². The Hall–Kier alpha value is -2.21. The maximum Gasteiger partial charge on any atom is 0.292 e. The minimum absolute atomic E-state index is 0.107. The third-order valence-corrected chi connectivity index (χ3v) is 3.08. The molecule has 1 amide bonds. The number of nitrogens with zero attached hydrogens (tertiary/aromatic N) is 3. The Morgan fingerprint density at radius 2 is 2.21 bits per heavy atom. The quantitative estimate of drug-likeness (QED) is 0.862. The summed E-state index contributed by atoms with van der Waals surface area (Å²) in [7, 11) is 0. The van der Waals surface area contributed by atoms with Gasteiger partial charge >= 0.3 is 0 Å². The highest BCUT2D eigenvalue weighted by molar-refractivity contribution is 5.92. The molecule has 6 heteroatoms. The van der Waals surface area contributed by atoms with Gasteiger partial charge in [-0.05, 0) is 12.1 Å². The summed E-state index contributed by atoms with van der Waals surface area (Å²) in [5, 5.41) is 7.13. The Labute approximate surface area is 110 Å². The molecule has 1 aliphatic rings. The van der Waals surface area contributed by atoms with E-state index in [9.17, 15) is 4.79 Å². The third kappa shape index (κ3) is 2.48. The lowest BCUT2D eigenvalue weighted by Gasteiger charge is -2.26. The summed E-state index contributed by atoms with van der Waals surface area (Å²) in [4.78, 5) is 18.0. The van der Waals surface area contributed by atoms with Crippen LogP contribution in [0.2, 0.25) is 0 Å². The van der Waals surface area contributed by atoms with Gasteiger partial charge in [0.25, 0.3) is 5.91 Å². The summed E-state index contributed by atoms with van der Waals surface area (Å²) in [6.07, 6.45) is 3.38. The van der Waals surface area contributed by atoms with Crippen molar-refractivity contribution in [3.63, 3.8) is 0 Å². The average Bonchev–Trinajstić information content (AvgIpc) is 2.98. The lowest BCUT2D eigenvalue weighted by atomic mass is 10.2. The van der Waals surface area contributed by atoms with Crippen LogP contribution in [0.3, 0.4) is 0 Å². The fourth-order valence-corrected chi connectivity index (χ4v) is 2.05. The van der Waals surface area contributed by atoms with E-state index in [1.807, 2.05) is 12.1 Å². The van der Waals surface area contributed by atoms with E-state index in [1.54, 1.807) is 23.4 Å². The Bertz CT molecular complexity index is 561. The standard InChI is InChI=1S/C13H14N4O2/c18-13(17-6-4-14-5-7-17)12-8-11(16-19-12)10-2-1-3-15-9-10/h1-3,8-9,14H,4-7H2. The summed E-state index contributed by atoms with van der Waals surface area (Å²) >= 11 is 0. The van der Waals surface area contributed by atoms with Gasteiger partial charge in [-0.2, -0.15) is 0 Å². The Morgan fingerprint density at radius 3 is 2.95 bits per heavy atom. The number of rotatable bonds is 2. The highest BCUT2D eigenvalue weighted by atomic mass is 16.5. The molecule has 1 fully saturated rings. The average molecular weight is 258 g/mol. The zero-order valence-corrected chi connectivity index (χ0v) is 10.4. The second-order valence-electron chi connectivity index (χ2n) is 4.36. The molecule has 0 spiro atoms. The van der Waals surface area contributed by atoms with Crippen molar-refractivity contribution in [3.8, 4) is 11.3 Å². The highest BCUT2D eigenvalue weighted by Gasteiger charge is 2.22. The van der Waals surface area contributed by atoms with Gasteiger partial charge in [0.15, 0.2) is 0 Å². The predicted molar refractivity (Wildman–Crippen MR) is 68.5 cm³/mol. The van der Waals surface area contributed by atoms with Crippen molar-refractivity contribution in [1.82, 2.24) is 20.4 Å². The van der Waals surface area contributed by atoms with Gasteiger partial charge in [0.2, 0.25) is 5.76 Å². The van der Waals surface area contributed by atoms with Crippen molar-refractivity contribution in [3.05, 3.63) is 36.4 Å². The topological polar surface area (TPSA) is 71.3 Å². The van der Waals surface area contributed by atoms with Crippen molar-refractivity contribution in [2.24, 2.45) is 0 Å². The summed E-state index contributed by atoms with van der Waals surface area (Å²) < 4.78 is 5.14. The molecule has 6 nitrogen and oxygen atoms in total. The molecule has 1 saturated heterocycles. The van der Waals surface area contributed by atoms with Gasteiger partial charge < -0.3 is 14.7 Å². The van der Waals surface area contributed by atoms with E-state index in [2.05, 4.69) is 15.5 Å². The largest absolute Gasteiger partial charge is 0.350 e. The Morgan fingerprint density at radius 1 is 1.37 bits per heavy atom.